The standard InChI is InChI=1S/C17H18N2O4/c1-23-17(20)11-16(18-12-13-5-3-2-4-6-13)14-7-9-15(10-8-14)19(21)22/h2-10,16,18H,11-12H2,1H3/t16-/m1/s1. The van der Waals surface area contributed by atoms with Crippen LogP contribution in [0.1, 0.15) is 23.6 Å². The third-order valence-electron chi connectivity index (χ3n) is 3.50. The Morgan fingerprint density at radius 2 is 1.83 bits per heavy atom. The monoisotopic (exact) mass is 314 g/mol. The molecule has 0 aliphatic rings. The number of nitrogens with zero attached hydrogens (tertiary/aromatic N) is 1. The molecule has 0 fully saturated rings. The van der Waals surface area contributed by atoms with Crippen LogP contribution in [0.15, 0.2) is 54.6 Å². The quantitative estimate of drug-likeness (QED) is 0.482. The number of hydrogen-bond donors (Lipinski definition) is 1. The van der Waals surface area contributed by atoms with E-state index in [1.54, 1.807) is 12.1 Å². The van der Waals surface area contributed by atoms with Gasteiger partial charge >= 0.3 is 5.97 Å². The predicted octanol–water partition coefficient (Wildman–Crippen LogP) is 2.99. The summed E-state index contributed by atoms with van der Waals surface area (Å²) in [6.07, 6.45) is 0.154. The summed E-state index contributed by atoms with van der Waals surface area (Å²) >= 11 is 0. The molecule has 2 aromatic rings. The lowest BCUT2D eigenvalue weighted by Crippen LogP contribution is -2.24. The third-order valence-corrected chi connectivity index (χ3v) is 3.50. The van der Waals surface area contributed by atoms with E-state index in [-0.39, 0.29) is 24.1 Å². The first-order chi connectivity index (χ1) is 11.1. The number of hydrogen-bond acceptors (Lipinski definition) is 5. The normalized spacial score (nSPS) is 11.7. The summed E-state index contributed by atoms with van der Waals surface area (Å²) in [7, 11) is 1.34. The molecule has 0 spiro atoms. The van der Waals surface area contributed by atoms with Crippen LogP contribution < -0.4 is 5.32 Å². The van der Waals surface area contributed by atoms with Crippen LogP contribution in [-0.4, -0.2) is 18.0 Å². The Hall–Kier alpha value is -2.73. The van der Waals surface area contributed by atoms with Gasteiger partial charge in [-0.05, 0) is 11.1 Å². The van der Waals surface area contributed by atoms with Crippen molar-refractivity contribution in [2.45, 2.75) is 19.0 Å². The van der Waals surface area contributed by atoms with Gasteiger partial charge in [0, 0.05) is 24.7 Å². The molecule has 6 nitrogen and oxygen atoms in total. The van der Waals surface area contributed by atoms with E-state index in [2.05, 4.69) is 5.32 Å². The summed E-state index contributed by atoms with van der Waals surface area (Å²) in [5, 5.41) is 14.0. The fraction of sp³-hybridized carbons (Fsp3) is 0.235. The van der Waals surface area contributed by atoms with Gasteiger partial charge < -0.3 is 10.1 Å². The largest absolute Gasteiger partial charge is 0.469 e. The van der Waals surface area contributed by atoms with E-state index >= 15 is 0 Å². The number of esters is 1. The SMILES string of the molecule is COC(=O)C[C@@H](NCc1ccccc1)c1ccc([N+](=O)[O-])cc1. The van der Waals surface area contributed by atoms with E-state index in [1.165, 1.54) is 19.2 Å². The highest BCUT2D eigenvalue weighted by Crippen LogP contribution is 2.21. The van der Waals surface area contributed by atoms with Gasteiger partial charge in [-0.2, -0.15) is 0 Å². The van der Waals surface area contributed by atoms with Crippen molar-refractivity contribution in [3.8, 4) is 0 Å². The van der Waals surface area contributed by atoms with E-state index in [1.807, 2.05) is 30.3 Å². The lowest BCUT2D eigenvalue weighted by atomic mass is 10.0. The summed E-state index contributed by atoms with van der Waals surface area (Å²) < 4.78 is 4.73. The molecule has 0 amide bonds. The van der Waals surface area contributed by atoms with Gasteiger partial charge in [-0.1, -0.05) is 42.5 Å². The maximum Gasteiger partial charge on any atom is 0.307 e. The molecule has 1 N–H and O–H groups in total. The smallest absolute Gasteiger partial charge is 0.307 e. The molecule has 0 heterocycles. The number of ether oxygens (including phenoxy) is 1. The number of nitro groups is 1. The Balaban J connectivity index is 2.12. The van der Waals surface area contributed by atoms with Gasteiger partial charge in [-0.3, -0.25) is 14.9 Å². The molecule has 0 aliphatic carbocycles. The van der Waals surface area contributed by atoms with Gasteiger partial charge in [0.25, 0.3) is 5.69 Å². The van der Waals surface area contributed by atoms with Crippen LogP contribution in [0.2, 0.25) is 0 Å². The van der Waals surface area contributed by atoms with Gasteiger partial charge in [0.2, 0.25) is 0 Å². The minimum absolute atomic E-state index is 0.0219. The zero-order valence-corrected chi connectivity index (χ0v) is 12.8. The highest BCUT2D eigenvalue weighted by atomic mass is 16.6. The van der Waals surface area contributed by atoms with Crippen molar-refractivity contribution in [3.63, 3.8) is 0 Å². The molecule has 0 saturated carbocycles. The summed E-state index contributed by atoms with van der Waals surface area (Å²) in [5.41, 5.74) is 1.91. The topological polar surface area (TPSA) is 81.5 Å². The molecule has 0 radical (unpaired) electrons. The number of nitro benzene ring substituents is 1. The van der Waals surface area contributed by atoms with Gasteiger partial charge in [0.15, 0.2) is 0 Å². The molecule has 0 aromatic heterocycles. The molecule has 2 rings (SSSR count). The van der Waals surface area contributed by atoms with E-state index in [4.69, 9.17) is 4.74 Å². The molecule has 23 heavy (non-hydrogen) atoms. The fourth-order valence-corrected chi connectivity index (χ4v) is 2.22. The zero-order valence-electron chi connectivity index (χ0n) is 12.8. The Kier molecular flexibility index (Phi) is 5.82. The van der Waals surface area contributed by atoms with Crippen molar-refractivity contribution < 1.29 is 14.5 Å². The first-order valence-electron chi connectivity index (χ1n) is 7.18. The average molecular weight is 314 g/mol. The van der Waals surface area contributed by atoms with Crippen molar-refractivity contribution in [1.29, 1.82) is 0 Å². The van der Waals surface area contributed by atoms with Gasteiger partial charge in [-0.25, -0.2) is 0 Å². The van der Waals surface area contributed by atoms with E-state index in [0.717, 1.165) is 11.1 Å². The minimum Gasteiger partial charge on any atom is -0.469 e. The molecule has 6 heteroatoms. The predicted molar refractivity (Wildman–Crippen MR) is 85.8 cm³/mol. The van der Waals surface area contributed by atoms with Crippen LogP contribution in [0.5, 0.6) is 0 Å². The molecule has 0 bridgehead atoms. The fourth-order valence-electron chi connectivity index (χ4n) is 2.22. The van der Waals surface area contributed by atoms with Gasteiger partial charge in [0.1, 0.15) is 0 Å². The minimum atomic E-state index is -0.448. The van der Waals surface area contributed by atoms with Crippen LogP contribution >= 0.6 is 0 Å². The van der Waals surface area contributed by atoms with Crippen LogP contribution in [-0.2, 0) is 16.1 Å². The van der Waals surface area contributed by atoms with Gasteiger partial charge in [-0.15, -0.1) is 0 Å². The Morgan fingerprint density at radius 1 is 1.17 bits per heavy atom. The summed E-state index contributed by atoms with van der Waals surface area (Å²) in [6.45, 7) is 0.583. The summed E-state index contributed by atoms with van der Waals surface area (Å²) in [6, 6.07) is 15.7. The van der Waals surface area contributed by atoms with Crippen molar-refractivity contribution in [1.82, 2.24) is 5.32 Å². The molecule has 120 valence electrons. The Labute approximate surface area is 134 Å². The number of benzene rings is 2. The molecule has 2 aromatic carbocycles. The first-order valence-corrected chi connectivity index (χ1v) is 7.18. The van der Waals surface area contributed by atoms with Crippen LogP contribution in [0, 0.1) is 10.1 Å². The van der Waals surface area contributed by atoms with E-state index < -0.39 is 4.92 Å². The second kappa shape index (κ2) is 8.05. The summed E-state index contributed by atoms with van der Waals surface area (Å²) in [4.78, 5) is 21.9. The second-order valence-corrected chi connectivity index (χ2v) is 5.05. The van der Waals surface area contributed by atoms with Crippen LogP contribution in [0.3, 0.4) is 0 Å². The average Bonchev–Trinajstić information content (AvgIpc) is 2.59. The number of rotatable bonds is 7. The van der Waals surface area contributed by atoms with Crippen molar-refractivity contribution in [3.05, 3.63) is 75.8 Å². The maximum atomic E-state index is 11.6. The lowest BCUT2D eigenvalue weighted by Gasteiger charge is -2.18. The van der Waals surface area contributed by atoms with Crippen molar-refractivity contribution >= 4 is 11.7 Å². The van der Waals surface area contributed by atoms with Crippen molar-refractivity contribution in [2.24, 2.45) is 0 Å². The molecule has 0 unspecified atom stereocenters. The third kappa shape index (κ3) is 4.89. The highest BCUT2D eigenvalue weighted by Gasteiger charge is 2.17. The number of methoxy groups -OCH3 is 1. The Bertz CT molecular complexity index is 656. The highest BCUT2D eigenvalue weighted by molar-refractivity contribution is 5.70. The van der Waals surface area contributed by atoms with Crippen molar-refractivity contribution in [2.75, 3.05) is 7.11 Å². The number of carbonyl (C=O) groups is 1. The zero-order chi connectivity index (χ0) is 16.7. The first kappa shape index (κ1) is 16.6. The number of nitrogens with one attached hydrogen (secondary N) is 1. The van der Waals surface area contributed by atoms with E-state index in [9.17, 15) is 14.9 Å². The number of non-ortho nitro benzene ring substituents is 1. The maximum absolute atomic E-state index is 11.6. The summed E-state index contributed by atoms with van der Waals surface area (Å²) in [5.74, 6) is -0.339. The Morgan fingerprint density at radius 3 is 2.39 bits per heavy atom. The van der Waals surface area contributed by atoms with Crippen LogP contribution in [0.25, 0.3) is 0 Å². The van der Waals surface area contributed by atoms with Crippen LogP contribution in [0.4, 0.5) is 5.69 Å². The van der Waals surface area contributed by atoms with Gasteiger partial charge in [0.05, 0.1) is 18.5 Å². The molecular weight excluding hydrogens is 296 g/mol. The second-order valence-electron chi connectivity index (χ2n) is 5.05. The molecular formula is C17H18N2O4. The lowest BCUT2D eigenvalue weighted by molar-refractivity contribution is -0.384. The number of carbonyl (C=O) groups excluding carboxylic acids is 1. The van der Waals surface area contributed by atoms with E-state index in [0.29, 0.717) is 6.54 Å². The molecule has 0 saturated heterocycles. The molecule has 1 atom stereocenters. The molecule has 0 aliphatic heterocycles.